The van der Waals surface area contributed by atoms with Crippen LogP contribution in [0.4, 0.5) is 13.6 Å². The predicted octanol–water partition coefficient (Wildman–Crippen LogP) is 3.95. The highest BCUT2D eigenvalue weighted by molar-refractivity contribution is 5.69. The van der Waals surface area contributed by atoms with Crippen molar-refractivity contribution < 1.29 is 18.3 Å². The van der Waals surface area contributed by atoms with Crippen molar-refractivity contribution in [1.29, 1.82) is 0 Å². The first-order valence-corrected chi connectivity index (χ1v) is 6.22. The summed E-state index contributed by atoms with van der Waals surface area (Å²) in [5.74, 6) is 0. The van der Waals surface area contributed by atoms with Crippen LogP contribution in [-0.4, -0.2) is 19.1 Å². The molecule has 0 saturated carbocycles. The van der Waals surface area contributed by atoms with Gasteiger partial charge in [-0.05, 0) is 38.0 Å². The molecule has 110 valence electrons. The van der Waals surface area contributed by atoms with Gasteiger partial charge in [0.05, 0.1) is 5.54 Å². The second-order valence-corrected chi connectivity index (χ2v) is 5.10. The van der Waals surface area contributed by atoms with Crippen LogP contribution in [0.5, 0.6) is 0 Å². The number of rotatable bonds is 5. The Morgan fingerprint density at radius 2 is 2.10 bits per heavy atom. The Morgan fingerprint density at radius 3 is 2.65 bits per heavy atom. The van der Waals surface area contributed by atoms with Crippen LogP contribution >= 0.6 is 0 Å². The number of nitrogens with one attached hydrogen (secondary N) is 1. The zero-order valence-electron chi connectivity index (χ0n) is 11.9. The molecule has 20 heavy (non-hydrogen) atoms. The standard InChI is InChI=1S/C15H19F2NO2/c1-10(2)11-6-5-7-12(8-11)15(3,4)18-14(19)20-9-13(16)17/h5-8,13H,1,9H2,2-4H3,(H,18,19). The van der Waals surface area contributed by atoms with Crippen LogP contribution in [0.1, 0.15) is 31.9 Å². The zero-order valence-corrected chi connectivity index (χ0v) is 11.9. The summed E-state index contributed by atoms with van der Waals surface area (Å²) in [7, 11) is 0. The molecule has 1 N–H and O–H groups in total. The lowest BCUT2D eigenvalue weighted by Crippen LogP contribution is -2.41. The molecule has 0 aliphatic heterocycles. The van der Waals surface area contributed by atoms with Gasteiger partial charge in [-0.15, -0.1) is 0 Å². The SMILES string of the molecule is C=C(C)c1cccc(C(C)(C)NC(=O)OCC(F)F)c1. The van der Waals surface area contributed by atoms with Crippen molar-refractivity contribution in [2.75, 3.05) is 6.61 Å². The fourth-order valence-electron chi connectivity index (χ4n) is 1.68. The van der Waals surface area contributed by atoms with Gasteiger partial charge in [0, 0.05) is 0 Å². The molecule has 0 aliphatic rings. The van der Waals surface area contributed by atoms with Gasteiger partial charge in [0.25, 0.3) is 6.43 Å². The fourth-order valence-corrected chi connectivity index (χ4v) is 1.68. The van der Waals surface area contributed by atoms with E-state index >= 15 is 0 Å². The molecule has 0 saturated heterocycles. The maximum atomic E-state index is 12.0. The molecule has 0 atom stereocenters. The van der Waals surface area contributed by atoms with Crippen molar-refractivity contribution in [3.63, 3.8) is 0 Å². The van der Waals surface area contributed by atoms with E-state index in [1.807, 2.05) is 31.2 Å². The predicted molar refractivity (Wildman–Crippen MR) is 74.7 cm³/mol. The number of allylic oxidation sites excluding steroid dienone is 1. The number of amides is 1. The Kier molecular flexibility index (Phi) is 5.25. The Morgan fingerprint density at radius 1 is 1.45 bits per heavy atom. The lowest BCUT2D eigenvalue weighted by molar-refractivity contribution is 0.0456. The first kappa shape index (κ1) is 16.1. The van der Waals surface area contributed by atoms with Crippen molar-refractivity contribution in [3.05, 3.63) is 42.0 Å². The summed E-state index contributed by atoms with van der Waals surface area (Å²) >= 11 is 0. The molecule has 0 unspecified atom stereocenters. The van der Waals surface area contributed by atoms with Gasteiger partial charge >= 0.3 is 6.09 Å². The number of halogens is 2. The molecule has 0 bridgehead atoms. The van der Waals surface area contributed by atoms with Gasteiger partial charge < -0.3 is 10.1 Å². The van der Waals surface area contributed by atoms with E-state index in [1.165, 1.54) is 0 Å². The molecular weight excluding hydrogens is 264 g/mol. The summed E-state index contributed by atoms with van der Waals surface area (Å²) in [6, 6.07) is 7.51. The third kappa shape index (κ3) is 4.64. The molecule has 0 aliphatic carbocycles. The molecule has 5 heteroatoms. The number of benzene rings is 1. The van der Waals surface area contributed by atoms with E-state index in [2.05, 4.69) is 16.6 Å². The number of carbonyl (C=O) groups is 1. The summed E-state index contributed by atoms with van der Waals surface area (Å²) in [6.07, 6.45) is -3.54. The lowest BCUT2D eigenvalue weighted by atomic mass is 9.92. The summed E-state index contributed by atoms with van der Waals surface area (Å²) in [6.45, 7) is 8.38. The summed E-state index contributed by atoms with van der Waals surface area (Å²) in [5.41, 5.74) is 1.97. The largest absolute Gasteiger partial charge is 0.443 e. The number of carbonyl (C=O) groups excluding carboxylic acids is 1. The monoisotopic (exact) mass is 283 g/mol. The number of alkyl halides is 2. The minimum absolute atomic E-state index is 0.731. The first-order chi connectivity index (χ1) is 9.22. The third-order valence-corrected chi connectivity index (χ3v) is 2.83. The van der Waals surface area contributed by atoms with E-state index in [0.717, 1.165) is 16.7 Å². The van der Waals surface area contributed by atoms with Gasteiger partial charge in [0.1, 0.15) is 0 Å². The van der Waals surface area contributed by atoms with Crippen LogP contribution in [0.2, 0.25) is 0 Å². The maximum Gasteiger partial charge on any atom is 0.408 e. The normalized spacial score (nSPS) is 11.3. The number of hydrogen-bond acceptors (Lipinski definition) is 2. The molecule has 0 fully saturated rings. The van der Waals surface area contributed by atoms with Crippen LogP contribution in [-0.2, 0) is 10.3 Å². The number of alkyl carbamates (subject to hydrolysis) is 1. The molecule has 0 heterocycles. The van der Waals surface area contributed by atoms with Gasteiger partial charge in [-0.25, -0.2) is 13.6 Å². The highest BCUT2D eigenvalue weighted by atomic mass is 19.3. The van der Waals surface area contributed by atoms with Crippen molar-refractivity contribution >= 4 is 11.7 Å². The van der Waals surface area contributed by atoms with Crippen LogP contribution in [0.25, 0.3) is 5.57 Å². The van der Waals surface area contributed by atoms with E-state index in [-0.39, 0.29) is 0 Å². The molecule has 1 aromatic rings. The average molecular weight is 283 g/mol. The summed E-state index contributed by atoms with van der Waals surface area (Å²) < 4.78 is 28.4. The molecule has 0 spiro atoms. The van der Waals surface area contributed by atoms with E-state index in [0.29, 0.717) is 0 Å². The molecule has 1 aromatic carbocycles. The third-order valence-electron chi connectivity index (χ3n) is 2.83. The Balaban J connectivity index is 2.80. The van der Waals surface area contributed by atoms with Gasteiger partial charge in [0.15, 0.2) is 6.61 Å². The van der Waals surface area contributed by atoms with Gasteiger partial charge in [-0.3, -0.25) is 0 Å². The lowest BCUT2D eigenvalue weighted by Gasteiger charge is -2.27. The number of ether oxygens (including phenoxy) is 1. The van der Waals surface area contributed by atoms with Crippen molar-refractivity contribution in [3.8, 4) is 0 Å². The average Bonchev–Trinajstić information content (AvgIpc) is 2.36. The minimum Gasteiger partial charge on any atom is -0.443 e. The summed E-state index contributed by atoms with van der Waals surface area (Å²) in [4.78, 5) is 11.5. The highest BCUT2D eigenvalue weighted by Gasteiger charge is 2.24. The van der Waals surface area contributed by atoms with Crippen molar-refractivity contribution in [2.24, 2.45) is 0 Å². The highest BCUT2D eigenvalue weighted by Crippen LogP contribution is 2.23. The van der Waals surface area contributed by atoms with E-state index in [1.54, 1.807) is 13.8 Å². The zero-order chi connectivity index (χ0) is 15.3. The van der Waals surface area contributed by atoms with Crippen LogP contribution < -0.4 is 5.32 Å². The number of hydrogen-bond donors (Lipinski definition) is 1. The van der Waals surface area contributed by atoms with Crippen LogP contribution in [0, 0.1) is 0 Å². The smallest absolute Gasteiger partial charge is 0.408 e. The van der Waals surface area contributed by atoms with Gasteiger partial charge in [0.2, 0.25) is 0 Å². The molecule has 0 aromatic heterocycles. The second-order valence-electron chi connectivity index (χ2n) is 5.10. The van der Waals surface area contributed by atoms with Crippen LogP contribution in [0.3, 0.4) is 0 Å². The van der Waals surface area contributed by atoms with Crippen molar-refractivity contribution in [1.82, 2.24) is 5.32 Å². The van der Waals surface area contributed by atoms with Gasteiger partial charge in [-0.2, -0.15) is 0 Å². The maximum absolute atomic E-state index is 12.0. The van der Waals surface area contributed by atoms with Gasteiger partial charge in [-0.1, -0.05) is 30.4 Å². The topological polar surface area (TPSA) is 38.3 Å². The quantitative estimate of drug-likeness (QED) is 0.888. The van der Waals surface area contributed by atoms with Crippen LogP contribution in [0.15, 0.2) is 30.8 Å². The summed E-state index contributed by atoms with van der Waals surface area (Å²) in [5, 5.41) is 2.57. The van der Waals surface area contributed by atoms with E-state index < -0.39 is 24.7 Å². The van der Waals surface area contributed by atoms with E-state index in [4.69, 9.17) is 0 Å². The molecule has 3 nitrogen and oxygen atoms in total. The molecule has 0 radical (unpaired) electrons. The molecular formula is C15H19F2NO2. The Labute approximate surface area is 117 Å². The Bertz CT molecular complexity index is 498. The van der Waals surface area contributed by atoms with E-state index in [9.17, 15) is 13.6 Å². The van der Waals surface area contributed by atoms with Crippen molar-refractivity contribution in [2.45, 2.75) is 32.7 Å². The minimum atomic E-state index is -2.67. The Hall–Kier alpha value is -1.91. The first-order valence-electron chi connectivity index (χ1n) is 6.22. The molecule has 1 rings (SSSR count). The second kappa shape index (κ2) is 6.50. The molecule has 1 amide bonds. The fraction of sp³-hybridized carbons (Fsp3) is 0.400.